The van der Waals surface area contributed by atoms with Gasteiger partial charge >= 0.3 is 6.09 Å². The number of hydrogen-bond acceptors (Lipinski definition) is 2. The van der Waals surface area contributed by atoms with Crippen LogP contribution in [-0.2, 0) is 17.8 Å². The molecule has 0 saturated heterocycles. The Hall–Kier alpha value is -2.29. The highest BCUT2D eigenvalue weighted by Gasteiger charge is 2.29. The number of nitrogens with zero attached hydrogens (tertiary/aromatic N) is 1. The van der Waals surface area contributed by atoms with Crippen LogP contribution in [0.1, 0.15) is 31.9 Å². The molecular formula is C19H21NO2. The van der Waals surface area contributed by atoms with Crippen molar-refractivity contribution < 1.29 is 9.53 Å². The maximum absolute atomic E-state index is 12.3. The molecule has 3 rings (SSSR count). The van der Waals surface area contributed by atoms with Gasteiger partial charge in [-0.15, -0.1) is 0 Å². The Kier molecular flexibility index (Phi) is 3.65. The van der Waals surface area contributed by atoms with Crippen molar-refractivity contribution in [2.45, 2.75) is 39.5 Å². The molecule has 3 heteroatoms. The molecule has 1 aliphatic rings. The summed E-state index contributed by atoms with van der Waals surface area (Å²) in [6, 6.07) is 16.6. The monoisotopic (exact) mass is 295 g/mol. The van der Waals surface area contributed by atoms with Crippen molar-refractivity contribution in [3.63, 3.8) is 0 Å². The quantitative estimate of drug-likeness (QED) is 0.769. The molecule has 1 aliphatic heterocycles. The van der Waals surface area contributed by atoms with Gasteiger partial charge in [-0.2, -0.15) is 0 Å². The summed E-state index contributed by atoms with van der Waals surface area (Å²) in [5.41, 5.74) is 4.34. The Morgan fingerprint density at radius 1 is 1.00 bits per heavy atom. The lowest BCUT2D eigenvalue weighted by Crippen LogP contribution is -2.33. The van der Waals surface area contributed by atoms with E-state index >= 15 is 0 Å². The molecule has 0 unspecified atom stereocenters. The van der Waals surface area contributed by atoms with Gasteiger partial charge in [-0.1, -0.05) is 48.5 Å². The first-order chi connectivity index (χ1) is 10.4. The van der Waals surface area contributed by atoms with Gasteiger partial charge in [-0.25, -0.2) is 4.79 Å². The van der Waals surface area contributed by atoms with Crippen LogP contribution in [-0.4, -0.2) is 16.6 Å². The molecule has 1 heterocycles. The third kappa shape index (κ3) is 2.98. The Bertz CT molecular complexity index is 686. The van der Waals surface area contributed by atoms with Gasteiger partial charge < -0.3 is 4.74 Å². The average Bonchev–Trinajstić information content (AvgIpc) is 2.90. The lowest BCUT2D eigenvalue weighted by atomic mass is 9.97. The van der Waals surface area contributed by atoms with Gasteiger partial charge in [0, 0.05) is 6.54 Å². The standard InChI is InChI=1S/C19H21NO2/c1-19(2,3)22-18(21)20-12-15-10-7-11-16(17(15)13-20)14-8-5-4-6-9-14/h4-11H,12-13H2,1-3H3. The third-order valence-corrected chi connectivity index (χ3v) is 3.72. The average molecular weight is 295 g/mol. The van der Waals surface area contributed by atoms with Crippen molar-refractivity contribution in [3.05, 3.63) is 59.7 Å². The normalized spacial score (nSPS) is 13.9. The third-order valence-electron chi connectivity index (χ3n) is 3.72. The lowest BCUT2D eigenvalue weighted by molar-refractivity contribution is 0.0242. The number of hydrogen-bond donors (Lipinski definition) is 0. The summed E-state index contributed by atoms with van der Waals surface area (Å²) in [6.07, 6.45) is -0.247. The largest absolute Gasteiger partial charge is 0.444 e. The fourth-order valence-corrected chi connectivity index (χ4v) is 2.77. The summed E-state index contributed by atoms with van der Waals surface area (Å²) in [5.74, 6) is 0. The second-order valence-electron chi connectivity index (χ2n) is 6.65. The van der Waals surface area contributed by atoms with Gasteiger partial charge in [-0.3, -0.25) is 4.90 Å². The minimum Gasteiger partial charge on any atom is -0.444 e. The van der Waals surface area contributed by atoms with Crippen LogP contribution in [0.2, 0.25) is 0 Å². The number of rotatable bonds is 1. The maximum atomic E-state index is 12.3. The SMILES string of the molecule is CC(C)(C)OC(=O)N1Cc2cccc(-c3ccccc3)c2C1. The van der Waals surface area contributed by atoms with Crippen LogP contribution in [0.5, 0.6) is 0 Å². The van der Waals surface area contributed by atoms with Gasteiger partial charge in [-0.05, 0) is 43.0 Å². The first-order valence-corrected chi connectivity index (χ1v) is 7.58. The minimum atomic E-state index is -0.464. The van der Waals surface area contributed by atoms with Gasteiger partial charge in [0.05, 0.1) is 6.54 Å². The molecule has 0 spiro atoms. The van der Waals surface area contributed by atoms with E-state index in [-0.39, 0.29) is 6.09 Å². The zero-order valence-corrected chi connectivity index (χ0v) is 13.3. The van der Waals surface area contributed by atoms with Gasteiger partial charge in [0.25, 0.3) is 0 Å². The molecule has 0 aliphatic carbocycles. The van der Waals surface area contributed by atoms with E-state index < -0.39 is 5.60 Å². The number of ether oxygens (including phenoxy) is 1. The highest BCUT2D eigenvalue weighted by Crippen LogP contribution is 2.33. The van der Waals surface area contributed by atoms with Crippen LogP contribution in [0.25, 0.3) is 11.1 Å². The van der Waals surface area contributed by atoms with E-state index in [0.717, 1.165) is 0 Å². The van der Waals surface area contributed by atoms with Crippen molar-refractivity contribution in [2.75, 3.05) is 0 Å². The summed E-state index contributed by atoms with van der Waals surface area (Å²) in [6.45, 7) is 6.90. The maximum Gasteiger partial charge on any atom is 0.410 e. The second kappa shape index (κ2) is 5.48. The van der Waals surface area contributed by atoms with E-state index in [2.05, 4.69) is 30.3 Å². The summed E-state index contributed by atoms with van der Waals surface area (Å²) in [5, 5.41) is 0. The van der Waals surface area contributed by atoms with E-state index in [1.807, 2.05) is 39.0 Å². The van der Waals surface area contributed by atoms with Crippen LogP contribution in [0.4, 0.5) is 4.79 Å². The number of fused-ring (bicyclic) bond motifs is 1. The molecule has 0 N–H and O–H groups in total. The highest BCUT2D eigenvalue weighted by atomic mass is 16.6. The van der Waals surface area contributed by atoms with Crippen molar-refractivity contribution in [1.82, 2.24) is 4.90 Å². The molecule has 0 fully saturated rings. The Morgan fingerprint density at radius 2 is 1.73 bits per heavy atom. The van der Waals surface area contributed by atoms with Crippen LogP contribution in [0, 0.1) is 0 Å². The Labute approximate surface area is 131 Å². The first kappa shape index (κ1) is 14.6. The van der Waals surface area contributed by atoms with E-state index in [1.54, 1.807) is 4.90 Å². The van der Waals surface area contributed by atoms with E-state index in [9.17, 15) is 4.79 Å². The molecule has 1 amide bonds. The van der Waals surface area contributed by atoms with Gasteiger partial charge in [0.15, 0.2) is 0 Å². The summed E-state index contributed by atoms with van der Waals surface area (Å²) < 4.78 is 5.49. The van der Waals surface area contributed by atoms with Crippen molar-refractivity contribution in [2.24, 2.45) is 0 Å². The zero-order valence-electron chi connectivity index (χ0n) is 13.3. The number of carbonyl (C=O) groups excluding carboxylic acids is 1. The predicted octanol–water partition coefficient (Wildman–Crippen LogP) is 4.60. The molecule has 0 saturated carbocycles. The summed E-state index contributed by atoms with van der Waals surface area (Å²) in [4.78, 5) is 14.0. The molecule has 2 aromatic rings. The molecule has 3 nitrogen and oxygen atoms in total. The number of benzene rings is 2. The molecule has 0 bridgehead atoms. The van der Waals surface area contributed by atoms with E-state index in [4.69, 9.17) is 4.74 Å². The topological polar surface area (TPSA) is 29.5 Å². The van der Waals surface area contributed by atoms with Crippen LogP contribution >= 0.6 is 0 Å². The smallest absolute Gasteiger partial charge is 0.410 e. The van der Waals surface area contributed by atoms with Crippen molar-refractivity contribution >= 4 is 6.09 Å². The number of amides is 1. The van der Waals surface area contributed by atoms with Gasteiger partial charge in [0.1, 0.15) is 5.60 Å². The predicted molar refractivity (Wildman–Crippen MR) is 87.4 cm³/mol. The lowest BCUT2D eigenvalue weighted by Gasteiger charge is -2.24. The van der Waals surface area contributed by atoms with E-state index in [1.165, 1.54) is 22.3 Å². The van der Waals surface area contributed by atoms with Crippen LogP contribution < -0.4 is 0 Å². The molecule has 0 atom stereocenters. The molecule has 114 valence electrons. The Morgan fingerprint density at radius 3 is 2.41 bits per heavy atom. The molecule has 0 radical (unpaired) electrons. The minimum absolute atomic E-state index is 0.247. The molecule has 2 aromatic carbocycles. The fraction of sp³-hybridized carbons (Fsp3) is 0.316. The van der Waals surface area contributed by atoms with Crippen LogP contribution in [0.3, 0.4) is 0 Å². The number of carbonyl (C=O) groups is 1. The highest BCUT2D eigenvalue weighted by molar-refractivity contribution is 5.74. The first-order valence-electron chi connectivity index (χ1n) is 7.58. The molecule has 0 aromatic heterocycles. The summed E-state index contributed by atoms with van der Waals surface area (Å²) in [7, 11) is 0. The zero-order chi connectivity index (χ0) is 15.7. The molecular weight excluding hydrogens is 274 g/mol. The fourth-order valence-electron chi connectivity index (χ4n) is 2.77. The van der Waals surface area contributed by atoms with Gasteiger partial charge in [0.2, 0.25) is 0 Å². The molecule has 22 heavy (non-hydrogen) atoms. The second-order valence-corrected chi connectivity index (χ2v) is 6.65. The van der Waals surface area contributed by atoms with Crippen LogP contribution in [0.15, 0.2) is 48.5 Å². The Balaban J connectivity index is 1.87. The van der Waals surface area contributed by atoms with Crippen molar-refractivity contribution in [1.29, 1.82) is 0 Å². The van der Waals surface area contributed by atoms with Crippen molar-refractivity contribution in [3.8, 4) is 11.1 Å². The summed E-state index contributed by atoms with van der Waals surface area (Å²) >= 11 is 0. The van der Waals surface area contributed by atoms with E-state index in [0.29, 0.717) is 13.1 Å².